The number of esters is 2. The van der Waals surface area contributed by atoms with E-state index < -0.39 is 5.97 Å². The summed E-state index contributed by atoms with van der Waals surface area (Å²) in [5, 5.41) is 18.6. The van der Waals surface area contributed by atoms with Gasteiger partial charge >= 0.3 is 11.9 Å². The number of hydrogen-bond donors (Lipinski definition) is 2. The van der Waals surface area contributed by atoms with Crippen LogP contribution in [-0.2, 0) is 20.9 Å². The third-order valence-electron chi connectivity index (χ3n) is 5.36. The summed E-state index contributed by atoms with van der Waals surface area (Å²) in [6.45, 7) is 10.2. The first kappa shape index (κ1) is 26.0. The number of carbonyl (C=O) groups is 2. The molecular weight excluding hydrogens is 396 g/mol. The van der Waals surface area contributed by atoms with E-state index in [9.17, 15) is 19.8 Å². The summed E-state index contributed by atoms with van der Waals surface area (Å²) in [5.41, 5.74) is 2.06. The number of carbonyl (C=O) groups excluding carboxylic acids is 2. The van der Waals surface area contributed by atoms with Crippen molar-refractivity contribution in [3.8, 4) is 11.5 Å². The highest BCUT2D eigenvalue weighted by atomic mass is 16.5. The number of hydrogen-bond acceptors (Lipinski definition) is 6. The van der Waals surface area contributed by atoms with Crippen LogP contribution in [0.2, 0.25) is 0 Å². The second-order valence-electron chi connectivity index (χ2n) is 8.06. The molecule has 0 heterocycles. The number of phenols is 2. The molecule has 6 nitrogen and oxygen atoms in total. The van der Waals surface area contributed by atoms with Crippen LogP contribution in [0.25, 0.3) is 0 Å². The molecule has 2 N–H and O–H groups in total. The molecule has 31 heavy (non-hydrogen) atoms. The summed E-state index contributed by atoms with van der Waals surface area (Å²) in [7, 11) is 1.42. The predicted octanol–water partition coefficient (Wildman–Crippen LogP) is 5.56. The fourth-order valence-electron chi connectivity index (χ4n) is 2.48. The van der Waals surface area contributed by atoms with Gasteiger partial charge in [-0.25, -0.2) is 4.79 Å². The van der Waals surface area contributed by atoms with Crippen LogP contribution < -0.4 is 0 Å². The molecule has 0 amide bonds. The lowest BCUT2D eigenvalue weighted by Crippen LogP contribution is -2.24. The van der Waals surface area contributed by atoms with Gasteiger partial charge in [-0.2, -0.15) is 0 Å². The summed E-state index contributed by atoms with van der Waals surface area (Å²) in [4.78, 5) is 22.7. The SMILES string of the molecule is CCC(C)(C)C(=O)OC.CCC(C)c1ccc(COC(=O)c2ccc(O)c(O)c2)cc1. The molecule has 0 radical (unpaired) electrons. The lowest BCUT2D eigenvalue weighted by Gasteiger charge is -2.17. The van der Waals surface area contributed by atoms with Gasteiger partial charge in [-0.05, 0) is 61.9 Å². The first-order chi connectivity index (χ1) is 14.5. The van der Waals surface area contributed by atoms with Gasteiger partial charge < -0.3 is 19.7 Å². The Hall–Kier alpha value is -3.02. The predicted molar refractivity (Wildman–Crippen MR) is 120 cm³/mol. The van der Waals surface area contributed by atoms with Crippen molar-refractivity contribution in [3.63, 3.8) is 0 Å². The summed E-state index contributed by atoms with van der Waals surface area (Å²) in [6.07, 6.45) is 1.90. The minimum absolute atomic E-state index is 0.134. The molecule has 0 saturated heterocycles. The topological polar surface area (TPSA) is 93.1 Å². The van der Waals surface area contributed by atoms with E-state index in [1.165, 1.54) is 30.9 Å². The van der Waals surface area contributed by atoms with Crippen molar-refractivity contribution in [1.29, 1.82) is 0 Å². The molecule has 2 aromatic rings. The largest absolute Gasteiger partial charge is 0.504 e. The molecule has 0 aliphatic carbocycles. The van der Waals surface area contributed by atoms with Crippen LogP contribution in [0, 0.1) is 5.41 Å². The quantitative estimate of drug-likeness (QED) is 0.441. The smallest absolute Gasteiger partial charge is 0.338 e. The second-order valence-corrected chi connectivity index (χ2v) is 8.06. The van der Waals surface area contributed by atoms with Crippen molar-refractivity contribution in [2.75, 3.05) is 7.11 Å². The molecule has 1 unspecified atom stereocenters. The van der Waals surface area contributed by atoms with Gasteiger partial charge in [0.2, 0.25) is 0 Å². The molecule has 1 atom stereocenters. The van der Waals surface area contributed by atoms with Gasteiger partial charge in [-0.15, -0.1) is 0 Å². The van der Waals surface area contributed by atoms with Crippen molar-refractivity contribution in [3.05, 3.63) is 59.2 Å². The number of rotatable bonds is 7. The van der Waals surface area contributed by atoms with Gasteiger partial charge in [-0.3, -0.25) is 4.79 Å². The molecule has 0 aliphatic rings. The molecule has 2 aromatic carbocycles. The normalized spacial score (nSPS) is 11.7. The first-order valence-corrected chi connectivity index (χ1v) is 10.4. The first-order valence-electron chi connectivity index (χ1n) is 10.4. The molecule has 0 bridgehead atoms. The molecular formula is C25H34O6. The molecule has 2 rings (SSSR count). The second kappa shape index (κ2) is 12.0. The van der Waals surface area contributed by atoms with E-state index in [4.69, 9.17) is 4.74 Å². The standard InChI is InChI=1S/C18H20O4.C7H14O2/c1-3-12(2)14-6-4-13(5-7-14)11-22-18(21)15-8-9-16(19)17(20)10-15;1-5-7(2,3)6(8)9-4/h4-10,12,19-20H,3,11H2,1-2H3;5H2,1-4H3. The minimum atomic E-state index is -0.540. The maximum absolute atomic E-state index is 11.9. The number of benzene rings is 2. The third-order valence-corrected chi connectivity index (χ3v) is 5.36. The maximum atomic E-state index is 11.9. The van der Waals surface area contributed by atoms with Crippen LogP contribution in [0.4, 0.5) is 0 Å². The Bertz CT molecular complexity index is 855. The Morgan fingerprint density at radius 2 is 1.61 bits per heavy atom. The summed E-state index contributed by atoms with van der Waals surface area (Å²) in [5.74, 6) is -0.771. The fourth-order valence-corrected chi connectivity index (χ4v) is 2.48. The van der Waals surface area contributed by atoms with Gasteiger partial charge in [0, 0.05) is 0 Å². The van der Waals surface area contributed by atoms with Gasteiger partial charge in [0.05, 0.1) is 18.1 Å². The summed E-state index contributed by atoms with van der Waals surface area (Å²) in [6, 6.07) is 11.8. The summed E-state index contributed by atoms with van der Waals surface area (Å²) < 4.78 is 9.77. The van der Waals surface area contributed by atoms with Gasteiger partial charge in [0.15, 0.2) is 11.5 Å². The number of methoxy groups -OCH3 is 1. The molecule has 0 aromatic heterocycles. The fraction of sp³-hybridized carbons (Fsp3) is 0.440. The van der Waals surface area contributed by atoms with Gasteiger partial charge in [0.25, 0.3) is 0 Å². The maximum Gasteiger partial charge on any atom is 0.338 e. The lowest BCUT2D eigenvalue weighted by molar-refractivity contribution is -0.150. The molecule has 0 spiro atoms. The van der Waals surface area contributed by atoms with Crippen molar-refractivity contribution in [2.45, 2.75) is 60.0 Å². The van der Waals surface area contributed by atoms with E-state index >= 15 is 0 Å². The van der Waals surface area contributed by atoms with Crippen LogP contribution in [0.3, 0.4) is 0 Å². The zero-order valence-electron chi connectivity index (χ0n) is 19.3. The van der Waals surface area contributed by atoms with E-state index in [1.807, 2.05) is 45.0 Å². The van der Waals surface area contributed by atoms with Crippen molar-refractivity contribution < 1.29 is 29.3 Å². The van der Waals surface area contributed by atoms with Crippen LogP contribution >= 0.6 is 0 Å². The summed E-state index contributed by atoms with van der Waals surface area (Å²) >= 11 is 0. The molecule has 0 aliphatic heterocycles. The Morgan fingerprint density at radius 1 is 1.00 bits per heavy atom. The highest BCUT2D eigenvalue weighted by Gasteiger charge is 2.25. The van der Waals surface area contributed by atoms with Crippen LogP contribution in [-0.4, -0.2) is 29.3 Å². The average Bonchev–Trinajstić information content (AvgIpc) is 2.78. The molecule has 6 heteroatoms. The van der Waals surface area contributed by atoms with E-state index in [2.05, 4.69) is 18.6 Å². The van der Waals surface area contributed by atoms with Crippen LogP contribution in [0.15, 0.2) is 42.5 Å². The highest BCUT2D eigenvalue weighted by Crippen LogP contribution is 2.25. The van der Waals surface area contributed by atoms with Gasteiger partial charge in [-0.1, -0.05) is 45.0 Å². The lowest BCUT2D eigenvalue weighted by atomic mass is 9.91. The Balaban J connectivity index is 0.000000452. The van der Waals surface area contributed by atoms with Crippen LogP contribution in [0.1, 0.15) is 74.9 Å². The minimum Gasteiger partial charge on any atom is -0.504 e. The Labute approximate surface area is 184 Å². The number of ether oxygens (including phenoxy) is 2. The zero-order valence-corrected chi connectivity index (χ0v) is 19.3. The van der Waals surface area contributed by atoms with E-state index in [1.54, 1.807) is 0 Å². The Morgan fingerprint density at radius 3 is 2.06 bits per heavy atom. The zero-order chi connectivity index (χ0) is 23.6. The van der Waals surface area contributed by atoms with Crippen molar-refractivity contribution in [2.24, 2.45) is 5.41 Å². The number of phenolic OH excluding ortho intramolecular Hbond substituents is 2. The van der Waals surface area contributed by atoms with E-state index in [0.29, 0.717) is 5.92 Å². The number of aromatic hydroxyl groups is 2. The Kier molecular flexibility index (Phi) is 10.1. The third kappa shape index (κ3) is 7.96. The molecule has 0 saturated carbocycles. The van der Waals surface area contributed by atoms with E-state index in [-0.39, 0.29) is 35.1 Å². The van der Waals surface area contributed by atoms with Crippen molar-refractivity contribution in [1.82, 2.24) is 0 Å². The molecule has 170 valence electrons. The van der Waals surface area contributed by atoms with Crippen molar-refractivity contribution >= 4 is 11.9 Å². The molecule has 0 fully saturated rings. The van der Waals surface area contributed by atoms with E-state index in [0.717, 1.165) is 18.4 Å². The average molecular weight is 431 g/mol. The van der Waals surface area contributed by atoms with Crippen LogP contribution in [0.5, 0.6) is 11.5 Å². The van der Waals surface area contributed by atoms with Gasteiger partial charge in [0.1, 0.15) is 6.61 Å². The highest BCUT2D eigenvalue weighted by molar-refractivity contribution is 5.90. The monoisotopic (exact) mass is 430 g/mol.